The molecular formula is C17H26N2O3S. The third-order valence-electron chi connectivity index (χ3n) is 4.49. The monoisotopic (exact) mass is 338 g/mol. The molecule has 23 heavy (non-hydrogen) atoms. The predicted molar refractivity (Wildman–Crippen MR) is 90.9 cm³/mol. The lowest BCUT2D eigenvalue weighted by atomic mass is 9.94. The van der Waals surface area contributed by atoms with Crippen molar-refractivity contribution in [1.82, 2.24) is 10.6 Å². The molecule has 0 spiro atoms. The maximum absolute atomic E-state index is 12.0. The fourth-order valence-electron chi connectivity index (χ4n) is 3.21. The number of fused-ring (bicyclic) bond motifs is 1. The molecule has 1 saturated heterocycles. The predicted octanol–water partition coefficient (Wildman–Crippen LogP) is 3.01. The molecule has 2 N–H and O–H groups in total. The largest absolute Gasteiger partial charge is 0.381 e. The molecule has 1 aliphatic carbocycles. The highest BCUT2D eigenvalue weighted by Gasteiger charge is 2.22. The summed E-state index contributed by atoms with van der Waals surface area (Å²) in [7, 11) is 0. The van der Waals surface area contributed by atoms with E-state index in [1.165, 1.54) is 10.4 Å². The maximum atomic E-state index is 12.0. The van der Waals surface area contributed by atoms with Crippen molar-refractivity contribution in [3.63, 3.8) is 0 Å². The number of nitrogens with one attached hydrogen (secondary N) is 2. The molecule has 0 saturated carbocycles. The van der Waals surface area contributed by atoms with E-state index in [1.54, 1.807) is 11.3 Å². The van der Waals surface area contributed by atoms with E-state index in [1.807, 2.05) is 0 Å². The summed E-state index contributed by atoms with van der Waals surface area (Å²) in [6.07, 6.45) is 6.48. The molecule has 2 aliphatic rings. The molecule has 3 rings (SSSR count). The average Bonchev–Trinajstić information content (AvgIpc) is 3.05. The molecule has 1 aromatic heterocycles. The summed E-state index contributed by atoms with van der Waals surface area (Å²) in [5.74, 6) is 0. The third-order valence-corrected chi connectivity index (χ3v) is 5.48. The minimum absolute atomic E-state index is 0.0693. The van der Waals surface area contributed by atoms with Gasteiger partial charge >= 0.3 is 6.03 Å². The summed E-state index contributed by atoms with van der Waals surface area (Å²) < 4.78 is 11.1. The van der Waals surface area contributed by atoms with Crippen LogP contribution in [0, 0.1) is 0 Å². The molecule has 0 radical (unpaired) electrons. The number of carbonyl (C=O) groups excluding carboxylic acids is 1. The van der Waals surface area contributed by atoms with Crippen LogP contribution in [-0.4, -0.2) is 38.5 Å². The fraction of sp³-hybridized carbons (Fsp3) is 0.706. The Bertz CT molecular complexity index is 500. The van der Waals surface area contributed by atoms with Crippen LogP contribution in [0.25, 0.3) is 0 Å². The van der Waals surface area contributed by atoms with E-state index in [0.717, 1.165) is 51.7 Å². The molecule has 128 valence electrons. The van der Waals surface area contributed by atoms with E-state index in [0.29, 0.717) is 19.3 Å². The van der Waals surface area contributed by atoms with E-state index in [4.69, 9.17) is 9.47 Å². The van der Waals surface area contributed by atoms with Crippen LogP contribution in [-0.2, 0) is 15.9 Å². The highest BCUT2D eigenvalue weighted by Crippen LogP contribution is 2.33. The summed E-state index contributed by atoms with van der Waals surface area (Å²) in [5.41, 5.74) is 1.30. The van der Waals surface area contributed by atoms with E-state index in [2.05, 4.69) is 22.1 Å². The zero-order valence-corrected chi connectivity index (χ0v) is 14.3. The van der Waals surface area contributed by atoms with Gasteiger partial charge in [-0.2, -0.15) is 0 Å². The van der Waals surface area contributed by atoms with Crippen molar-refractivity contribution >= 4 is 17.4 Å². The molecule has 1 atom stereocenters. The molecule has 5 nitrogen and oxygen atoms in total. The van der Waals surface area contributed by atoms with Crippen LogP contribution in [0.3, 0.4) is 0 Å². The van der Waals surface area contributed by atoms with Crippen molar-refractivity contribution < 1.29 is 14.3 Å². The first-order valence-electron chi connectivity index (χ1n) is 8.63. The lowest BCUT2D eigenvalue weighted by Crippen LogP contribution is -2.39. The minimum Gasteiger partial charge on any atom is -0.381 e. The van der Waals surface area contributed by atoms with Gasteiger partial charge in [0, 0.05) is 31.2 Å². The van der Waals surface area contributed by atoms with Crippen molar-refractivity contribution in [2.75, 3.05) is 26.4 Å². The molecule has 1 aromatic rings. The third kappa shape index (κ3) is 4.93. The summed E-state index contributed by atoms with van der Waals surface area (Å²) in [6.45, 7) is 2.95. The number of hydrogen-bond acceptors (Lipinski definition) is 4. The molecule has 0 aromatic carbocycles. The van der Waals surface area contributed by atoms with Gasteiger partial charge in [0.1, 0.15) is 0 Å². The molecule has 2 amide bonds. The number of thiophene rings is 1. The Morgan fingerprint density at radius 1 is 1.35 bits per heavy atom. The lowest BCUT2D eigenvalue weighted by Gasteiger charge is -2.24. The standard InChI is InChI=1S/C17H26N2O3S/c20-17(18-8-2-9-22-13-5-10-21-11-6-13)19-15-3-1-4-16-14(15)7-12-23-16/h7,12-13,15H,1-6,8-11H2,(H2,18,19,20)/t15-/m1/s1. The van der Waals surface area contributed by atoms with Crippen molar-refractivity contribution in [2.45, 2.75) is 50.7 Å². The molecular weight excluding hydrogens is 312 g/mol. The van der Waals surface area contributed by atoms with Gasteiger partial charge in [-0.1, -0.05) is 0 Å². The highest BCUT2D eigenvalue weighted by molar-refractivity contribution is 7.10. The minimum atomic E-state index is -0.0693. The Morgan fingerprint density at radius 2 is 2.22 bits per heavy atom. The van der Waals surface area contributed by atoms with Gasteiger partial charge in [-0.15, -0.1) is 11.3 Å². The second-order valence-corrected chi connectivity index (χ2v) is 7.18. The highest BCUT2D eigenvalue weighted by atomic mass is 32.1. The van der Waals surface area contributed by atoms with Crippen LogP contribution < -0.4 is 10.6 Å². The molecule has 2 heterocycles. The van der Waals surface area contributed by atoms with Crippen molar-refractivity contribution in [3.8, 4) is 0 Å². The van der Waals surface area contributed by atoms with Crippen LogP contribution in [0.5, 0.6) is 0 Å². The smallest absolute Gasteiger partial charge is 0.315 e. The summed E-state index contributed by atoms with van der Waals surface area (Å²) >= 11 is 1.80. The maximum Gasteiger partial charge on any atom is 0.315 e. The summed E-state index contributed by atoms with van der Waals surface area (Å²) in [6, 6.07) is 2.25. The quantitative estimate of drug-likeness (QED) is 0.784. The first-order valence-corrected chi connectivity index (χ1v) is 9.51. The number of hydrogen-bond donors (Lipinski definition) is 2. The number of urea groups is 1. The Labute approximate surface area is 141 Å². The summed E-state index contributed by atoms with van der Waals surface area (Å²) in [5, 5.41) is 8.16. The zero-order valence-electron chi connectivity index (χ0n) is 13.5. The number of aryl methyl sites for hydroxylation is 1. The van der Waals surface area contributed by atoms with Crippen LogP contribution in [0.2, 0.25) is 0 Å². The van der Waals surface area contributed by atoms with Gasteiger partial charge < -0.3 is 20.1 Å². The second-order valence-electron chi connectivity index (χ2n) is 6.18. The number of rotatable bonds is 6. The van der Waals surface area contributed by atoms with Crippen LogP contribution >= 0.6 is 11.3 Å². The van der Waals surface area contributed by atoms with E-state index < -0.39 is 0 Å². The SMILES string of the molecule is O=C(NCCCOC1CCOCC1)N[C@@H]1CCCc2sccc21. The van der Waals surface area contributed by atoms with Gasteiger partial charge in [0.15, 0.2) is 0 Å². The Hall–Kier alpha value is -1.11. The van der Waals surface area contributed by atoms with Gasteiger partial charge in [-0.25, -0.2) is 4.79 Å². The van der Waals surface area contributed by atoms with Crippen LogP contribution in [0.4, 0.5) is 4.79 Å². The van der Waals surface area contributed by atoms with Crippen molar-refractivity contribution in [3.05, 3.63) is 21.9 Å². The number of amides is 2. The second kappa shape index (κ2) is 8.66. The van der Waals surface area contributed by atoms with Gasteiger partial charge in [-0.05, 0) is 55.5 Å². The molecule has 6 heteroatoms. The van der Waals surface area contributed by atoms with Gasteiger partial charge in [0.05, 0.1) is 12.1 Å². The zero-order chi connectivity index (χ0) is 15.9. The van der Waals surface area contributed by atoms with Gasteiger partial charge in [-0.3, -0.25) is 0 Å². The Morgan fingerprint density at radius 3 is 3.09 bits per heavy atom. The van der Waals surface area contributed by atoms with Crippen LogP contribution in [0.15, 0.2) is 11.4 Å². The first-order chi connectivity index (χ1) is 11.3. The Kier molecular flexibility index (Phi) is 6.30. The van der Waals surface area contributed by atoms with Crippen molar-refractivity contribution in [1.29, 1.82) is 0 Å². The fourth-order valence-corrected chi connectivity index (χ4v) is 4.20. The van der Waals surface area contributed by atoms with E-state index in [-0.39, 0.29) is 12.1 Å². The van der Waals surface area contributed by atoms with E-state index in [9.17, 15) is 4.79 Å². The summed E-state index contributed by atoms with van der Waals surface area (Å²) in [4.78, 5) is 13.5. The average molecular weight is 338 g/mol. The topological polar surface area (TPSA) is 59.6 Å². The van der Waals surface area contributed by atoms with Crippen molar-refractivity contribution in [2.24, 2.45) is 0 Å². The Balaban J connectivity index is 1.30. The van der Waals surface area contributed by atoms with Gasteiger partial charge in [0.25, 0.3) is 0 Å². The molecule has 0 unspecified atom stereocenters. The molecule has 1 aliphatic heterocycles. The van der Waals surface area contributed by atoms with E-state index >= 15 is 0 Å². The number of ether oxygens (including phenoxy) is 2. The lowest BCUT2D eigenvalue weighted by molar-refractivity contribution is -0.0320. The van der Waals surface area contributed by atoms with Gasteiger partial charge in [0.2, 0.25) is 0 Å². The molecule has 1 fully saturated rings. The normalized spacial score (nSPS) is 21.7. The first kappa shape index (κ1) is 16.7. The molecule has 0 bridgehead atoms. The van der Waals surface area contributed by atoms with Crippen LogP contribution in [0.1, 0.15) is 48.6 Å². The number of carbonyl (C=O) groups is 1.